The van der Waals surface area contributed by atoms with Gasteiger partial charge in [0.25, 0.3) is 0 Å². The quantitative estimate of drug-likeness (QED) is 0.724. The van der Waals surface area contributed by atoms with E-state index in [1.807, 2.05) is 12.4 Å². The van der Waals surface area contributed by atoms with Crippen LogP contribution < -0.4 is 0 Å². The number of hydrogen-bond donors (Lipinski definition) is 1. The highest BCUT2D eigenvalue weighted by Gasteiger charge is 2.51. The van der Waals surface area contributed by atoms with E-state index in [2.05, 4.69) is 56.2 Å². The van der Waals surface area contributed by atoms with Gasteiger partial charge in [-0.05, 0) is 48.6 Å². The van der Waals surface area contributed by atoms with Gasteiger partial charge in [0.15, 0.2) is 0 Å². The number of benzene rings is 1. The lowest BCUT2D eigenvalue weighted by atomic mass is 9.90. The highest BCUT2D eigenvalue weighted by atomic mass is 15.5. The molecule has 0 bridgehead atoms. The van der Waals surface area contributed by atoms with E-state index in [9.17, 15) is 0 Å². The Labute approximate surface area is 153 Å². The third-order valence-electron chi connectivity index (χ3n) is 6.71. The van der Waals surface area contributed by atoms with Gasteiger partial charge in [-0.1, -0.05) is 24.6 Å². The highest BCUT2D eigenvalue weighted by molar-refractivity contribution is 5.85. The van der Waals surface area contributed by atoms with Crippen LogP contribution in [0.3, 0.4) is 0 Å². The monoisotopic (exact) mass is 344 g/mol. The second-order valence-electron chi connectivity index (χ2n) is 7.95. The zero-order chi connectivity index (χ0) is 17.1. The first-order chi connectivity index (χ1) is 12.9. The molecule has 1 aromatic carbocycles. The number of aromatic amines is 1. The molecule has 0 radical (unpaired) electrons. The zero-order valence-electron chi connectivity index (χ0n) is 14.9. The van der Waals surface area contributed by atoms with E-state index in [-0.39, 0.29) is 0 Å². The molecule has 2 aromatic heterocycles. The number of hydrogen-bond acceptors (Lipinski definition) is 3. The SMILES string of the molecule is c1ccc2c3c([nH]c2c1)C1[C@H]2CCCCN2C(c2ccncc2)N1CC3. The fraction of sp³-hybridized carbons (Fsp3) is 0.409. The molecule has 2 unspecified atom stereocenters. The summed E-state index contributed by atoms with van der Waals surface area (Å²) in [5.74, 6) is 0. The summed E-state index contributed by atoms with van der Waals surface area (Å²) in [4.78, 5) is 13.6. The zero-order valence-corrected chi connectivity index (χ0v) is 14.9. The average molecular weight is 344 g/mol. The summed E-state index contributed by atoms with van der Waals surface area (Å²) in [5.41, 5.74) is 5.73. The van der Waals surface area contributed by atoms with Crippen molar-refractivity contribution in [1.29, 1.82) is 0 Å². The maximum absolute atomic E-state index is 4.25. The Kier molecular flexibility index (Phi) is 3.25. The van der Waals surface area contributed by atoms with Gasteiger partial charge in [0, 0.05) is 48.1 Å². The second-order valence-corrected chi connectivity index (χ2v) is 7.95. The van der Waals surface area contributed by atoms with Crippen molar-refractivity contribution in [1.82, 2.24) is 19.8 Å². The second kappa shape index (κ2) is 5.66. The molecule has 0 saturated carbocycles. The summed E-state index contributed by atoms with van der Waals surface area (Å²) in [5, 5.41) is 1.43. The maximum atomic E-state index is 4.25. The largest absolute Gasteiger partial charge is 0.357 e. The lowest BCUT2D eigenvalue weighted by Crippen LogP contribution is -2.38. The minimum absolute atomic E-state index is 0.396. The summed E-state index contributed by atoms with van der Waals surface area (Å²) in [6.07, 6.45) is 9.39. The van der Waals surface area contributed by atoms with Crippen LogP contribution in [0, 0.1) is 0 Å². The summed E-state index contributed by atoms with van der Waals surface area (Å²) >= 11 is 0. The van der Waals surface area contributed by atoms with Crippen molar-refractivity contribution in [2.45, 2.75) is 43.9 Å². The number of rotatable bonds is 1. The summed E-state index contributed by atoms with van der Waals surface area (Å²) in [7, 11) is 0. The van der Waals surface area contributed by atoms with Crippen LogP contribution in [-0.2, 0) is 6.42 Å². The molecule has 132 valence electrons. The third kappa shape index (κ3) is 2.00. The van der Waals surface area contributed by atoms with Crippen LogP contribution in [0.25, 0.3) is 10.9 Å². The molecule has 2 fully saturated rings. The molecule has 4 nitrogen and oxygen atoms in total. The van der Waals surface area contributed by atoms with Crippen molar-refractivity contribution in [2.75, 3.05) is 13.1 Å². The molecule has 3 aromatic rings. The van der Waals surface area contributed by atoms with Gasteiger partial charge in [-0.3, -0.25) is 14.8 Å². The molecule has 1 N–H and O–H groups in total. The van der Waals surface area contributed by atoms with Crippen LogP contribution in [0.2, 0.25) is 0 Å². The van der Waals surface area contributed by atoms with Gasteiger partial charge < -0.3 is 4.98 Å². The van der Waals surface area contributed by atoms with Crippen LogP contribution in [0.15, 0.2) is 48.8 Å². The third-order valence-corrected chi connectivity index (χ3v) is 6.71. The standard InChI is InChI=1S/C22H24N4/c1-2-6-18-16(5-1)17-10-14-26-21(20(17)24-18)19-7-3-4-13-25(19)22(26)15-8-11-23-12-9-15/h1-2,5-6,8-9,11-12,19,21-22,24H,3-4,7,10,13-14H2/t19-,21?,22?/m1/s1. The van der Waals surface area contributed by atoms with Crippen molar-refractivity contribution >= 4 is 10.9 Å². The molecule has 26 heavy (non-hydrogen) atoms. The number of H-pyrrole nitrogens is 1. The fourth-order valence-electron chi connectivity index (χ4n) is 5.71. The van der Waals surface area contributed by atoms with Crippen molar-refractivity contribution in [2.24, 2.45) is 0 Å². The summed E-state index contributed by atoms with van der Waals surface area (Å²) in [6, 6.07) is 14.4. The molecule has 5 heterocycles. The van der Waals surface area contributed by atoms with Gasteiger partial charge in [0.1, 0.15) is 0 Å². The van der Waals surface area contributed by atoms with Crippen molar-refractivity contribution in [3.63, 3.8) is 0 Å². The number of nitrogens with one attached hydrogen (secondary N) is 1. The van der Waals surface area contributed by atoms with Gasteiger partial charge in [0.2, 0.25) is 0 Å². The molecular weight excluding hydrogens is 320 g/mol. The highest BCUT2D eigenvalue weighted by Crippen LogP contribution is 2.51. The summed E-state index contributed by atoms with van der Waals surface area (Å²) in [6.45, 7) is 2.35. The number of fused-ring (bicyclic) bond motifs is 7. The molecule has 0 aliphatic carbocycles. The molecule has 2 saturated heterocycles. The summed E-state index contributed by atoms with van der Waals surface area (Å²) < 4.78 is 0. The minimum Gasteiger partial charge on any atom is -0.357 e. The first-order valence-electron chi connectivity index (χ1n) is 9.93. The van der Waals surface area contributed by atoms with Gasteiger partial charge in [-0.25, -0.2) is 0 Å². The number of para-hydroxylation sites is 1. The van der Waals surface area contributed by atoms with Crippen LogP contribution in [0.5, 0.6) is 0 Å². The van der Waals surface area contributed by atoms with E-state index in [1.165, 1.54) is 48.0 Å². The topological polar surface area (TPSA) is 35.2 Å². The Hall–Kier alpha value is -2.17. The predicted octanol–water partition coefficient (Wildman–Crippen LogP) is 4.03. The Balaban J connectivity index is 1.51. The van der Waals surface area contributed by atoms with Gasteiger partial charge in [-0.2, -0.15) is 0 Å². The first-order valence-corrected chi connectivity index (χ1v) is 9.93. The minimum atomic E-state index is 0.396. The number of pyridine rings is 1. The smallest absolute Gasteiger partial charge is 0.0896 e. The van der Waals surface area contributed by atoms with E-state index >= 15 is 0 Å². The average Bonchev–Trinajstić information content (AvgIpc) is 3.24. The number of nitrogens with zero attached hydrogens (tertiary/aromatic N) is 3. The van der Waals surface area contributed by atoms with Gasteiger partial charge in [0.05, 0.1) is 12.2 Å². The molecule has 0 spiro atoms. The lowest BCUT2D eigenvalue weighted by Gasteiger charge is -2.35. The fourth-order valence-corrected chi connectivity index (χ4v) is 5.71. The van der Waals surface area contributed by atoms with Crippen LogP contribution in [-0.4, -0.2) is 38.9 Å². The van der Waals surface area contributed by atoms with Crippen molar-refractivity contribution < 1.29 is 0 Å². The number of aromatic nitrogens is 2. The van der Waals surface area contributed by atoms with Crippen molar-refractivity contribution in [3.05, 3.63) is 65.6 Å². The van der Waals surface area contributed by atoms with Crippen molar-refractivity contribution in [3.8, 4) is 0 Å². The maximum Gasteiger partial charge on any atom is 0.0896 e. The number of piperidine rings is 1. The predicted molar refractivity (Wildman–Crippen MR) is 103 cm³/mol. The Morgan fingerprint density at radius 3 is 2.77 bits per heavy atom. The van der Waals surface area contributed by atoms with E-state index in [1.54, 1.807) is 5.56 Å². The van der Waals surface area contributed by atoms with Gasteiger partial charge in [-0.15, -0.1) is 0 Å². The first kappa shape index (κ1) is 14.9. The Morgan fingerprint density at radius 1 is 0.962 bits per heavy atom. The van der Waals surface area contributed by atoms with E-state index in [4.69, 9.17) is 0 Å². The molecular formula is C22H24N4. The molecule has 3 atom stereocenters. The Bertz CT molecular complexity index is 947. The molecule has 3 aliphatic rings. The molecule has 0 amide bonds. The molecule has 6 rings (SSSR count). The lowest BCUT2D eigenvalue weighted by molar-refractivity contribution is 0.0977. The Morgan fingerprint density at radius 2 is 1.85 bits per heavy atom. The normalized spacial score (nSPS) is 28.7. The van der Waals surface area contributed by atoms with Gasteiger partial charge >= 0.3 is 0 Å². The van der Waals surface area contributed by atoms with E-state index in [0.29, 0.717) is 18.2 Å². The van der Waals surface area contributed by atoms with Crippen LogP contribution in [0.4, 0.5) is 0 Å². The van der Waals surface area contributed by atoms with Crippen LogP contribution >= 0.6 is 0 Å². The molecule has 4 heteroatoms. The van der Waals surface area contributed by atoms with E-state index < -0.39 is 0 Å². The van der Waals surface area contributed by atoms with E-state index in [0.717, 1.165) is 13.0 Å². The molecule has 3 aliphatic heterocycles. The van der Waals surface area contributed by atoms with Crippen LogP contribution in [0.1, 0.15) is 48.3 Å².